The van der Waals surface area contributed by atoms with E-state index in [2.05, 4.69) is 6.92 Å². The predicted molar refractivity (Wildman–Crippen MR) is 112 cm³/mol. The number of cyclic esters (lactones) is 1. The van der Waals surface area contributed by atoms with Gasteiger partial charge in [-0.3, -0.25) is 14.4 Å². The number of nitrogens with zero attached hydrogens (tertiary/aromatic N) is 2. The zero-order chi connectivity index (χ0) is 22.0. The van der Waals surface area contributed by atoms with E-state index in [0.717, 1.165) is 12.8 Å². The van der Waals surface area contributed by atoms with Crippen LogP contribution in [0.2, 0.25) is 0 Å². The van der Waals surface area contributed by atoms with Gasteiger partial charge in [-0.2, -0.15) is 0 Å². The van der Waals surface area contributed by atoms with Gasteiger partial charge in [0.1, 0.15) is 17.6 Å². The molecule has 0 aromatic rings. The second-order valence-electron chi connectivity index (χ2n) is 8.73. The van der Waals surface area contributed by atoms with E-state index in [4.69, 9.17) is 9.47 Å². The number of likely N-dealkylation sites (tertiary alicyclic amines) is 1. The van der Waals surface area contributed by atoms with E-state index < -0.39 is 35.6 Å². The van der Waals surface area contributed by atoms with Gasteiger partial charge in [0.2, 0.25) is 11.8 Å². The van der Waals surface area contributed by atoms with Crippen molar-refractivity contribution in [2.45, 2.75) is 56.8 Å². The molecule has 0 aromatic carbocycles. The number of hydrogen-bond donors (Lipinski definition) is 1. The minimum atomic E-state index is -1.18. The van der Waals surface area contributed by atoms with Crippen LogP contribution in [0, 0.1) is 11.8 Å². The largest absolute Gasteiger partial charge is 0.465 e. The molecule has 1 unspecified atom stereocenters. The maximum Gasteiger partial charge on any atom is 0.312 e. The zero-order valence-electron chi connectivity index (χ0n) is 18.1. The van der Waals surface area contributed by atoms with Gasteiger partial charge in [-0.15, -0.1) is 0 Å². The van der Waals surface area contributed by atoms with Gasteiger partial charge in [-0.1, -0.05) is 37.6 Å². The van der Waals surface area contributed by atoms with Crippen LogP contribution in [-0.2, 0) is 23.9 Å². The Labute approximate surface area is 182 Å². The second kappa shape index (κ2) is 9.12. The summed E-state index contributed by atoms with van der Waals surface area (Å²) in [7, 11) is 0. The summed E-state index contributed by atoms with van der Waals surface area (Å²) >= 11 is 0. The van der Waals surface area contributed by atoms with Crippen LogP contribution < -0.4 is 0 Å². The molecule has 2 saturated heterocycles. The van der Waals surface area contributed by atoms with E-state index in [-0.39, 0.29) is 25.0 Å². The van der Waals surface area contributed by atoms with Crippen molar-refractivity contribution in [1.82, 2.24) is 9.80 Å². The fourth-order valence-electron chi connectivity index (χ4n) is 5.34. The molecule has 1 spiro atoms. The lowest BCUT2D eigenvalue weighted by Gasteiger charge is -2.35. The summed E-state index contributed by atoms with van der Waals surface area (Å²) in [6.45, 7) is 3.79. The normalized spacial score (nSPS) is 34.7. The Morgan fingerprint density at radius 1 is 1.13 bits per heavy atom. The highest BCUT2D eigenvalue weighted by molar-refractivity contribution is 5.99. The smallest absolute Gasteiger partial charge is 0.312 e. The summed E-state index contributed by atoms with van der Waals surface area (Å²) in [5.74, 6) is -2.37. The van der Waals surface area contributed by atoms with Crippen molar-refractivity contribution >= 4 is 17.8 Å². The molecule has 8 nitrogen and oxygen atoms in total. The number of carbonyl (C=O) groups is 3. The lowest BCUT2D eigenvalue weighted by Crippen LogP contribution is -2.55. The first-order chi connectivity index (χ1) is 15.0. The molecule has 4 aliphatic heterocycles. The number of rotatable bonds is 7. The minimum absolute atomic E-state index is 0.0239. The molecule has 0 bridgehead atoms. The van der Waals surface area contributed by atoms with Crippen molar-refractivity contribution < 1.29 is 29.0 Å². The van der Waals surface area contributed by atoms with Crippen LogP contribution in [0.4, 0.5) is 0 Å². The van der Waals surface area contributed by atoms with Crippen molar-refractivity contribution in [2.24, 2.45) is 11.8 Å². The Hall–Kier alpha value is -2.19. The maximum absolute atomic E-state index is 13.7. The molecule has 170 valence electrons. The summed E-state index contributed by atoms with van der Waals surface area (Å²) < 4.78 is 11.9. The average molecular weight is 433 g/mol. The molecule has 8 heteroatoms. The molecule has 2 amide bonds. The topological polar surface area (TPSA) is 96.4 Å². The quantitative estimate of drug-likeness (QED) is 0.367. The number of aliphatic hydroxyl groups excluding tert-OH is 1. The van der Waals surface area contributed by atoms with Gasteiger partial charge in [-0.05, 0) is 25.7 Å². The predicted octanol–water partition coefficient (Wildman–Crippen LogP) is 1.04. The van der Waals surface area contributed by atoms with E-state index in [1.54, 1.807) is 9.80 Å². The van der Waals surface area contributed by atoms with E-state index in [1.165, 1.54) is 0 Å². The summed E-state index contributed by atoms with van der Waals surface area (Å²) in [5, 5.41) is 9.20. The van der Waals surface area contributed by atoms with Gasteiger partial charge in [0.05, 0.1) is 18.6 Å². The number of ether oxygens (including phenoxy) is 2. The van der Waals surface area contributed by atoms with E-state index >= 15 is 0 Å². The monoisotopic (exact) mass is 432 g/mol. The van der Waals surface area contributed by atoms with Crippen LogP contribution in [0.1, 0.15) is 39.0 Å². The number of amides is 2. The third-order valence-corrected chi connectivity index (χ3v) is 6.79. The molecule has 0 aliphatic carbocycles. The van der Waals surface area contributed by atoms with Gasteiger partial charge in [-0.25, -0.2) is 0 Å². The number of unbranched alkanes of at least 4 members (excludes halogenated alkanes) is 2. The van der Waals surface area contributed by atoms with Crippen molar-refractivity contribution in [3.05, 3.63) is 24.3 Å². The van der Waals surface area contributed by atoms with Gasteiger partial charge in [0.15, 0.2) is 0 Å². The van der Waals surface area contributed by atoms with Crippen LogP contribution >= 0.6 is 0 Å². The maximum atomic E-state index is 13.7. The molecular formula is C23H32N2O6. The van der Waals surface area contributed by atoms with Crippen LogP contribution in [0.5, 0.6) is 0 Å². The van der Waals surface area contributed by atoms with E-state index in [1.807, 2.05) is 24.3 Å². The Balaban J connectivity index is 1.75. The Morgan fingerprint density at radius 3 is 2.74 bits per heavy atom. The van der Waals surface area contributed by atoms with E-state index in [9.17, 15) is 19.5 Å². The van der Waals surface area contributed by atoms with Gasteiger partial charge >= 0.3 is 5.97 Å². The SMILES string of the molecule is CCCCN1CC=C[C@]23O[C@H]4C=CCCOC(=O)[C@H]4[C@H]2C(=O)N(CCCCO)C3C1=O. The molecule has 0 aromatic heterocycles. The molecular weight excluding hydrogens is 400 g/mol. The Kier molecular flexibility index (Phi) is 6.48. The highest BCUT2D eigenvalue weighted by Crippen LogP contribution is 2.53. The Morgan fingerprint density at radius 2 is 1.97 bits per heavy atom. The summed E-state index contributed by atoms with van der Waals surface area (Å²) in [5.41, 5.74) is -1.18. The van der Waals surface area contributed by atoms with Crippen LogP contribution in [0.25, 0.3) is 0 Å². The first-order valence-corrected chi connectivity index (χ1v) is 11.4. The van der Waals surface area contributed by atoms with E-state index in [0.29, 0.717) is 38.9 Å². The van der Waals surface area contributed by atoms with Gasteiger partial charge in [0.25, 0.3) is 0 Å². The molecule has 0 saturated carbocycles. The summed E-state index contributed by atoms with van der Waals surface area (Å²) in [6, 6.07) is -0.811. The van der Waals surface area contributed by atoms with Crippen LogP contribution in [0.15, 0.2) is 24.3 Å². The average Bonchev–Trinajstić information content (AvgIpc) is 3.12. The van der Waals surface area contributed by atoms with Crippen molar-refractivity contribution in [1.29, 1.82) is 0 Å². The Bertz CT molecular complexity index is 780. The molecule has 31 heavy (non-hydrogen) atoms. The van der Waals surface area contributed by atoms with Gasteiger partial charge in [0, 0.05) is 26.2 Å². The van der Waals surface area contributed by atoms with Crippen LogP contribution in [0.3, 0.4) is 0 Å². The van der Waals surface area contributed by atoms with Crippen LogP contribution in [-0.4, -0.2) is 83.3 Å². The molecule has 4 rings (SSSR count). The molecule has 0 radical (unpaired) electrons. The lowest BCUT2D eigenvalue weighted by atomic mass is 9.77. The third-order valence-electron chi connectivity index (χ3n) is 6.79. The van der Waals surface area contributed by atoms with Crippen molar-refractivity contribution in [2.75, 3.05) is 32.8 Å². The standard InChI is InChI=1S/C23H32N2O6/c1-2-3-11-24-12-8-10-23-18(17-16(31-23)9-4-7-15-30-22(17)29)20(27)25(13-5-6-14-26)19(23)21(24)28/h4,8-10,16-19,26H,2-3,5-7,11-15H2,1H3/t16-,17+,18-,19?,23-/m0/s1. The number of aliphatic hydroxyl groups is 1. The zero-order valence-corrected chi connectivity index (χ0v) is 18.1. The first kappa shape index (κ1) is 22.0. The molecule has 2 fully saturated rings. The first-order valence-electron chi connectivity index (χ1n) is 11.4. The molecule has 1 N–H and O–H groups in total. The lowest BCUT2D eigenvalue weighted by molar-refractivity contribution is -0.155. The minimum Gasteiger partial charge on any atom is -0.465 e. The highest BCUT2D eigenvalue weighted by Gasteiger charge is 2.71. The van der Waals surface area contributed by atoms with Gasteiger partial charge < -0.3 is 24.4 Å². The van der Waals surface area contributed by atoms with Crippen molar-refractivity contribution in [3.8, 4) is 0 Å². The molecule has 5 atom stereocenters. The van der Waals surface area contributed by atoms with Crippen molar-refractivity contribution in [3.63, 3.8) is 0 Å². The molecule has 4 heterocycles. The second-order valence-corrected chi connectivity index (χ2v) is 8.73. The fourth-order valence-corrected chi connectivity index (χ4v) is 5.34. The molecule has 4 aliphatic rings. The summed E-state index contributed by atoms with van der Waals surface area (Å²) in [4.78, 5) is 43.6. The number of fused-ring (bicyclic) bond motifs is 2. The number of hydrogen-bond acceptors (Lipinski definition) is 6. The fraction of sp³-hybridized carbons (Fsp3) is 0.696. The highest BCUT2D eigenvalue weighted by atomic mass is 16.6. The summed E-state index contributed by atoms with van der Waals surface area (Å²) in [6.07, 6.45) is 10.5. The third kappa shape index (κ3) is 3.69. The number of esters is 1. The number of carbonyl (C=O) groups excluding carboxylic acids is 3.